The van der Waals surface area contributed by atoms with E-state index in [2.05, 4.69) is 10.3 Å². The molecule has 0 fully saturated rings. The van der Waals surface area contributed by atoms with Crippen LogP contribution >= 0.6 is 0 Å². The summed E-state index contributed by atoms with van der Waals surface area (Å²) >= 11 is 0. The number of benzene rings is 1. The first-order chi connectivity index (χ1) is 10.5. The van der Waals surface area contributed by atoms with Gasteiger partial charge in [-0.1, -0.05) is 0 Å². The van der Waals surface area contributed by atoms with E-state index in [1.807, 2.05) is 18.4 Å². The third kappa shape index (κ3) is 3.08. The van der Waals surface area contributed by atoms with Crippen molar-refractivity contribution in [2.75, 3.05) is 7.11 Å². The number of hydrogen-bond donors (Lipinski definition) is 1. The molecule has 0 aliphatic heterocycles. The van der Waals surface area contributed by atoms with Gasteiger partial charge in [0.05, 0.1) is 13.7 Å². The summed E-state index contributed by atoms with van der Waals surface area (Å²) in [4.78, 5) is 16.3. The van der Waals surface area contributed by atoms with Crippen LogP contribution in [0.1, 0.15) is 36.1 Å². The number of nitrogens with zero attached hydrogens (tertiary/aromatic N) is 2. The lowest BCUT2D eigenvalue weighted by Gasteiger charge is -2.13. The van der Waals surface area contributed by atoms with Gasteiger partial charge in [-0.05, 0) is 26.0 Å². The number of hydrogen-bond acceptors (Lipinski definition) is 3. The fraction of sp³-hybridized carbons (Fsp3) is 0.333. The SMILES string of the molecule is COc1ccc(F)c(F)c1C(=O)NCc1nccn1C(C)C. The number of methoxy groups -OCH3 is 1. The quantitative estimate of drug-likeness (QED) is 0.924. The molecule has 0 spiro atoms. The van der Waals surface area contributed by atoms with Crippen LogP contribution in [0, 0.1) is 11.6 Å². The fourth-order valence-electron chi connectivity index (χ4n) is 2.11. The Hall–Kier alpha value is -2.44. The molecule has 22 heavy (non-hydrogen) atoms. The van der Waals surface area contributed by atoms with Gasteiger partial charge < -0.3 is 14.6 Å². The lowest BCUT2D eigenvalue weighted by molar-refractivity contribution is 0.0940. The second-order valence-corrected chi connectivity index (χ2v) is 4.97. The molecule has 5 nitrogen and oxygen atoms in total. The van der Waals surface area contributed by atoms with Crippen LogP contribution in [-0.2, 0) is 6.54 Å². The molecule has 1 N–H and O–H groups in total. The van der Waals surface area contributed by atoms with Gasteiger partial charge in [0, 0.05) is 18.4 Å². The Balaban J connectivity index is 2.20. The Kier molecular flexibility index (Phi) is 4.75. The van der Waals surface area contributed by atoms with E-state index in [4.69, 9.17) is 4.74 Å². The van der Waals surface area contributed by atoms with Gasteiger partial charge in [0.2, 0.25) is 0 Å². The second kappa shape index (κ2) is 6.55. The van der Waals surface area contributed by atoms with Crippen LogP contribution in [0.2, 0.25) is 0 Å². The minimum atomic E-state index is -1.23. The monoisotopic (exact) mass is 309 g/mol. The van der Waals surface area contributed by atoms with E-state index < -0.39 is 23.1 Å². The summed E-state index contributed by atoms with van der Waals surface area (Å²) in [6.07, 6.45) is 3.40. The third-order valence-electron chi connectivity index (χ3n) is 3.22. The minimum Gasteiger partial charge on any atom is -0.496 e. The second-order valence-electron chi connectivity index (χ2n) is 4.97. The van der Waals surface area contributed by atoms with Gasteiger partial charge in [-0.3, -0.25) is 4.79 Å². The maximum atomic E-state index is 13.8. The molecule has 1 heterocycles. The fourth-order valence-corrected chi connectivity index (χ4v) is 2.11. The summed E-state index contributed by atoms with van der Waals surface area (Å²) in [6.45, 7) is 4.05. The van der Waals surface area contributed by atoms with E-state index >= 15 is 0 Å². The van der Waals surface area contributed by atoms with Crippen molar-refractivity contribution >= 4 is 5.91 Å². The molecule has 0 bridgehead atoms. The molecule has 0 atom stereocenters. The predicted octanol–water partition coefficient (Wildman–Crippen LogP) is 2.68. The van der Waals surface area contributed by atoms with E-state index in [0.29, 0.717) is 5.82 Å². The number of carbonyl (C=O) groups is 1. The van der Waals surface area contributed by atoms with Crippen molar-refractivity contribution in [3.8, 4) is 5.75 Å². The summed E-state index contributed by atoms with van der Waals surface area (Å²) in [5, 5.41) is 2.53. The third-order valence-corrected chi connectivity index (χ3v) is 3.22. The Morgan fingerprint density at radius 3 is 2.77 bits per heavy atom. The van der Waals surface area contributed by atoms with Crippen LogP contribution in [0.5, 0.6) is 5.75 Å². The smallest absolute Gasteiger partial charge is 0.258 e. The van der Waals surface area contributed by atoms with Crippen LogP contribution < -0.4 is 10.1 Å². The predicted molar refractivity (Wildman–Crippen MR) is 76.7 cm³/mol. The highest BCUT2D eigenvalue weighted by molar-refractivity contribution is 5.97. The highest BCUT2D eigenvalue weighted by Gasteiger charge is 2.21. The van der Waals surface area contributed by atoms with Crippen LogP contribution in [0.15, 0.2) is 24.5 Å². The number of nitrogens with one attached hydrogen (secondary N) is 1. The van der Waals surface area contributed by atoms with Crippen molar-refractivity contribution in [2.45, 2.75) is 26.4 Å². The van der Waals surface area contributed by atoms with Crippen molar-refractivity contribution in [3.05, 3.63) is 47.5 Å². The Labute approximate surface area is 126 Å². The molecule has 0 saturated heterocycles. The van der Waals surface area contributed by atoms with Gasteiger partial charge in [0.15, 0.2) is 11.6 Å². The number of carbonyl (C=O) groups excluding carboxylic acids is 1. The molecule has 0 radical (unpaired) electrons. The molecule has 0 aliphatic carbocycles. The standard InChI is InChI=1S/C15H17F2N3O2/c1-9(2)20-7-6-18-12(20)8-19-15(21)13-11(22-3)5-4-10(16)14(13)17/h4-7,9H,8H2,1-3H3,(H,19,21). The lowest BCUT2D eigenvalue weighted by Crippen LogP contribution is -2.26. The van der Waals surface area contributed by atoms with E-state index in [0.717, 1.165) is 6.07 Å². The topological polar surface area (TPSA) is 56.1 Å². The van der Waals surface area contributed by atoms with Crippen molar-refractivity contribution < 1.29 is 18.3 Å². The van der Waals surface area contributed by atoms with Gasteiger partial charge in [-0.25, -0.2) is 13.8 Å². The van der Waals surface area contributed by atoms with Crippen LogP contribution in [0.3, 0.4) is 0 Å². The molecule has 7 heteroatoms. The Morgan fingerprint density at radius 1 is 1.41 bits per heavy atom. The molecule has 1 amide bonds. The highest BCUT2D eigenvalue weighted by atomic mass is 19.2. The first kappa shape index (κ1) is 15.9. The highest BCUT2D eigenvalue weighted by Crippen LogP contribution is 2.23. The minimum absolute atomic E-state index is 0.0244. The van der Waals surface area contributed by atoms with E-state index in [-0.39, 0.29) is 18.3 Å². The molecule has 0 aliphatic rings. The molecule has 2 aromatic rings. The van der Waals surface area contributed by atoms with Crippen LogP contribution in [0.25, 0.3) is 0 Å². The molecule has 1 aromatic heterocycles. The lowest BCUT2D eigenvalue weighted by atomic mass is 10.1. The summed E-state index contributed by atoms with van der Waals surface area (Å²) in [7, 11) is 1.29. The first-order valence-electron chi connectivity index (χ1n) is 6.77. The molecular formula is C15H17F2N3O2. The Bertz CT molecular complexity index is 683. The van der Waals surface area contributed by atoms with Crippen molar-refractivity contribution in [3.63, 3.8) is 0 Å². The van der Waals surface area contributed by atoms with Crippen LogP contribution in [-0.4, -0.2) is 22.6 Å². The number of ether oxygens (including phenoxy) is 1. The number of halogens is 2. The van der Waals surface area contributed by atoms with Crippen LogP contribution in [0.4, 0.5) is 8.78 Å². The van der Waals surface area contributed by atoms with Crippen molar-refractivity contribution in [1.82, 2.24) is 14.9 Å². The van der Waals surface area contributed by atoms with Gasteiger partial charge in [-0.15, -0.1) is 0 Å². The maximum absolute atomic E-state index is 13.8. The molecule has 2 rings (SSSR count). The van der Waals surface area contributed by atoms with Gasteiger partial charge in [0.25, 0.3) is 5.91 Å². The van der Waals surface area contributed by atoms with E-state index in [1.165, 1.54) is 13.2 Å². The largest absolute Gasteiger partial charge is 0.496 e. The van der Waals surface area contributed by atoms with Gasteiger partial charge >= 0.3 is 0 Å². The molecule has 1 aromatic carbocycles. The number of amides is 1. The number of rotatable bonds is 5. The zero-order valence-corrected chi connectivity index (χ0v) is 12.6. The van der Waals surface area contributed by atoms with Gasteiger partial charge in [0.1, 0.15) is 17.1 Å². The summed E-state index contributed by atoms with van der Waals surface area (Å²) < 4.78 is 33.9. The molecule has 118 valence electrons. The van der Waals surface area contributed by atoms with Crippen molar-refractivity contribution in [1.29, 1.82) is 0 Å². The number of aromatic nitrogens is 2. The maximum Gasteiger partial charge on any atom is 0.258 e. The Morgan fingerprint density at radius 2 is 2.14 bits per heavy atom. The van der Waals surface area contributed by atoms with Crippen molar-refractivity contribution in [2.24, 2.45) is 0 Å². The van der Waals surface area contributed by atoms with Gasteiger partial charge in [-0.2, -0.15) is 0 Å². The summed E-state index contributed by atoms with van der Waals surface area (Å²) in [6, 6.07) is 2.30. The average Bonchev–Trinajstić information content (AvgIpc) is 2.96. The molecule has 0 unspecified atom stereocenters. The summed E-state index contributed by atoms with van der Waals surface area (Å²) in [5.41, 5.74) is -0.454. The van der Waals surface area contributed by atoms with E-state index in [9.17, 15) is 13.6 Å². The zero-order valence-electron chi connectivity index (χ0n) is 12.6. The molecular weight excluding hydrogens is 292 g/mol. The normalized spacial score (nSPS) is 10.8. The summed E-state index contributed by atoms with van der Waals surface area (Å²) in [5.74, 6) is -2.49. The average molecular weight is 309 g/mol. The first-order valence-corrected chi connectivity index (χ1v) is 6.77. The van der Waals surface area contributed by atoms with E-state index in [1.54, 1.807) is 12.4 Å². The molecule has 0 saturated carbocycles. The number of imidazole rings is 1. The zero-order chi connectivity index (χ0) is 16.3.